The lowest BCUT2D eigenvalue weighted by Gasteiger charge is -2.30. The van der Waals surface area contributed by atoms with Crippen molar-refractivity contribution in [2.24, 2.45) is 46.3 Å². The van der Waals surface area contributed by atoms with E-state index in [9.17, 15) is 19.2 Å². The van der Waals surface area contributed by atoms with Crippen LogP contribution < -0.4 is 9.80 Å². The summed E-state index contributed by atoms with van der Waals surface area (Å²) in [6, 6.07) is 15.4. The SMILES string of the molecule is C=C(C)CCC12C=CC(C1)C1C(=O)N(c3ccc(Cc4ccc(N5C(=O)C6C7C=CC(CCC(=C)C)(C7)C6C5=O)cc4)cc3)C(=O)C12. The van der Waals surface area contributed by atoms with Crippen molar-refractivity contribution in [3.05, 3.63) is 108 Å². The van der Waals surface area contributed by atoms with E-state index in [1.54, 1.807) is 0 Å². The molecule has 0 N–H and O–H groups in total. The van der Waals surface area contributed by atoms with Crippen molar-refractivity contribution in [1.29, 1.82) is 0 Å². The quantitative estimate of drug-likeness (QED) is 0.204. The minimum absolute atomic E-state index is 0.0717. The number of nitrogens with zero attached hydrogens (tertiary/aromatic N) is 2. The monoisotopic (exact) mass is 626 g/mol. The van der Waals surface area contributed by atoms with Crippen molar-refractivity contribution in [2.75, 3.05) is 9.80 Å². The Kier molecular flexibility index (Phi) is 6.77. The lowest BCUT2D eigenvalue weighted by atomic mass is 9.71. The first kappa shape index (κ1) is 30.0. The highest BCUT2D eigenvalue weighted by Gasteiger charge is 2.67. The average molecular weight is 627 g/mol. The van der Waals surface area contributed by atoms with Crippen LogP contribution in [0, 0.1) is 46.3 Å². The predicted molar refractivity (Wildman–Crippen MR) is 182 cm³/mol. The van der Waals surface area contributed by atoms with Crippen molar-refractivity contribution in [3.63, 3.8) is 0 Å². The summed E-state index contributed by atoms with van der Waals surface area (Å²) in [5, 5.41) is 0. The van der Waals surface area contributed by atoms with Gasteiger partial charge in [-0.25, -0.2) is 0 Å². The van der Waals surface area contributed by atoms with Crippen LogP contribution in [0.2, 0.25) is 0 Å². The van der Waals surface area contributed by atoms with Gasteiger partial charge in [0.15, 0.2) is 0 Å². The molecule has 240 valence electrons. The van der Waals surface area contributed by atoms with Gasteiger partial charge in [-0.2, -0.15) is 0 Å². The molecule has 4 aliphatic carbocycles. The van der Waals surface area contributed by atoms with Gasteiger partial charge in [0.25, 0.3) is 0 Å². The first-order valence-corrected chi connectivity index (χ1v) is 17.1. The second kappa shape index (κ2) is 10.6. The van der Waals surface area contributed by atoms with E-state index in [-0.39, 0.29) is 70.0 Å². The topological polar surface area (TPSA) is 74.8 Å². The number of allylic oxidation sites excluding steroid dienone is 6. The molecule has 4 amide bonds. The predicted octanol–water partition coefficient (Wildman–Crippen LogP) is 7.35. The summed E-state index contributed by atoms with van der Waals surface area (Å²) in [6.45, 7) is 12.1. The number of carbonyl (C=O) groups is 4. The van der Waals surface area contributed by atoms with Crippen molar-refractivity contribution < 1.29 is 19.2 Å². The summed E-state index contributed by atoms with van der Waals surface area (Å²) < 4.78 is 0. The Labute approximate surface area is 276 Å². The summed E-state index contributed by atoms with van der Waals surface area (Å²) in [5.74, 6) is -1.13. The van der Waals surface area contributed by atoms with Crippen LogP contribution in [0.15, 0.2) is 97.1 Å². The summed E-state index contributed by atoms with van der Waals surface area (Å²) in [7, 11) is 0. The third kappa shape index (κ3) is 4.43. The van der Waals surface area contributed by atoms with Gasteiger partial charge in [0.1, 0.15) is 0 Å². The fraction of sp³-hybridized carbons (Fsp3) is 0.415. The molecule has 8 atom stereocenters. The van der Waals surface area contributed by atoms with Gasteiger partial charge in [0.05, 0.1) is 35.0 Å². The van der Waals surface area contributed by atoms with E-state index in [1.807, 2.05) is 62.4 Å². The number of rotatable bonds is 10. The van der Waals surface area contributed by atoms with E-state index in [0.717, 1.165) is 60.8 Å². The third-order valence-corrected chi connectivity index (χ3v) is 12.3. The van der Waals surface area contributed by atoms with Gasteiger partial charge in [-0.05, 0) is 106 Å². The van der Waals surface area contributed by atoms with Crippen LogP contribution in [0.4, 0.5) is 11.4 Å². The first-order chi connectivity index (χ1) is 22.5. The number of benzene rings is 2. The number of carbonyl (C=O) groups excluding carboxylic acids is 4. The van der Waals surface area contributed by atoms with Crippen LogP contribution in [0.3, 0.4) is 0 Å². The van der Waals surface area contributed by atoms with E-state index in [2.05, 4.69) is 37.5 Å². The fourth-order valence-corrected chi connectivity index (χ4v) is 10.0. The molecule has 0 aromatic heterocycles. The van der Waals surface area contributed by atoms with Crippen LogP contribution in [0.25, 0.3) is 0 Å². The number of hydrogen-bond acceptors (Lipinski definition) is 4. The Morgan fingerprint density at radius 2 is 1.02 bits per heavy atom. The van der Waals surface area contributed by atoms with Crippen molar-refractivity contribution in [3.8, 4) is 0 Å². The van der Waals surface area contributed by atoms with Gasteiger partial charge in [-0.3, -0.25) is 29.0 Å². The van der Waals surface area contributed by atoms with Gasteiger partial charge in [0, 0.05) is 10.8 Å². The van der Waals surface area contributed by atoms with E-state index in [0.29, 0.717) is 17.8 Å². The molecule has 4 bridgehead atoms. The summed E-state index contributed by atoms with van der Waals surface area (Å²) in [4.78, 5) is 57.6. The molecule has 0 radical (unpaired) electrons. The molecule has 4 fully saturated rings. The van der Waals surface area contributed by atoms with E-state index < -0.39 is 0 Å². The minimum atomic E-state index is -0.287. The molecule has 8 unspecified atom stereocenters. The Balaban J connectivity index is 0.951. The minimum Gasteiger partial charge on any atom is -0.274 e. The zero-order valence-electron chi connectivity index (χ0n) is 27.3. The lowest BCUT2D eigenvalue weighted by Crippen LogP contribution is -2.35. The highest BCUT2D eigenvalue weighted by molar-refractivity contribution is 6.24. The molecule has 6 aliphatic rings. The number of anilines is 2. The molecule has 6 heteroatoms. The lowest BCUT2D eigenvalue weighted by molar-refractivity contribution is -0.125. The normalized spacial score (nSPS) is 34.3. The number of imide groups is 2. The summed E-state index contributed by atoms with van der Waals surface area (Å²) in [6.07, 6.45) is 14.6. The van der Waals surface area contributed by atoms with Crippen molar-refractivity contribution in [1.82, 2.24) is 0 Å². The molecule has 8 rings (SSSR count). The maximum atomic E-state index is 13.8. The summed E-state index contributed by atoms with van der Waals surface area (Å²) >= 11 is 0. The summed E-state index contributed by atoms with van der Waals surface area (Å²) in [5.41, 5.74) is 5.07. The van der Waals surface area contributed by atoms with Crippen LogP contribution in [0.1, 0.15) is 63.5 Å². The molecule has 2 aromatic carbocycles. The molecule has 6 nitrogen and oxygen atoms in total. The van der Waals surface area contributed by atoms with Crippen LogP contribution in [-0.2, 0) is 25.6 Å². The Morgan fingerprint density at radius 1 is 0.638 bits per heavy atom. The Bertz CT molecular complexity index is 1670. The van der Waals surface area contributed by atoms with Gasteiger partial charge >= 0.3 is 0 Å². The third-order valence-electron chi connectivity index (χ3n) is 12.3. The standard InChI is InChI=1S/C41H42N2O4/c1-24(2)13-17-40-19-15-28(22-40)32-34(40)38(46)42(36(32)44)30-9-5-26(6-10-30)21-27-7-11-31(12-8-27)43-37(45)33-29-16-20-41(23-29,18-14-25(3)4)35(33)39(43)47/h5-12,15-16,19-20,28-29,32-35H,1,3,13-14,17-18,21-23H2,2,4H3. The van der Waals surface area contributed by atoms with E-state index in [4.69, 9.17) is 0 Å². The smallest absolute Gasteiger partial charge is 0.238 e. The van der Waals surface area contributed by atoms with Gasteiger partial charge in [-0.15, -0.1) is 13.2 Å². The number of fused-ring (bicyclic) bond motifs is 10. The fourth-order valence-electron chi connectivity index (χ4n) is 10.0. The van der Waals surface area contributed by atoms with E-state index in [1.165, 1.54) is 9.80 Å². The maximum absolute atomic E-state index is 13.8. The molecule has 2 saturated heterocycles. The zero-order chi connectivity index (χ0) is 32.8. The van der Waals surface area contributed by atoms with Crippen LogP contribution in [0.5, 0.6) is 0 Å². The van der Waals surface area contributed by atoms with E-state index >= 15 is 0 Å². The Hall–Kier alpha value is -4.32. The maximum Gasteiger partial charge on any atom is 0.238 e. The van der Waals surface area contributed by atoms with Gasteiger partial charge in [0.2, 0.25) is 23.6 Å². The van der Waals surface area contributed by atoms with Crippen molar-refractivity contribution >= 4 is 35.0 Å². The van der Waals surface area contributed by atoms with Crippen LogP contribution >= 0.6 is 0 Å². The number of amides is 4. The highest BCUT2D eigenvalue weighted by atomic mass is 16.2. The van der Waals surface area contributed by atoms with Crippen LogP contribution in [-0.4, -0.2) is 23.6 Å². The first-order valence-electron chi connectivity index (χ1n) is 17.1. The molecule has 2 aromatic rings. The molecular weight excluding hydrogens is 584 g/mol. The van der Waals surface area contributed by atoms with Crippen molar-refractivity contribution in [2.45, 2.75) is 58.8 Å². The largest absolute Gasteiger partial charge is 0.274 e. The zero-order valence-corrected chi connectivity index (χ0v) is 27.3. The van der Waals surface area contributed by atoms with Gasteiger partial charge in [-0.1, -0.05) is 59.7 Å². The molecule has 2 aliphatic heterocycles. The number of hydrogen-bond donors (Lipinski definition) is 0. The molecule has 0 spiro atoms. The average Bonchev–Trinajstić information content (AvgIpc) is 3.88. The molecule has 2 heterocycles. The second-order valence-electron chi connectivity index (χ2n) is 15.4. The molecular formula is C41H42N2O4. The Morgan fingerprint density at radius 3 is 1.38 bits per heavy atom. The molecule has 2 saturated carbocycles. The second-order valence-corrected chi connectivity index (χ2v) is 15.4. The highest BCUT2D eigenvalue weighted by Crippen LogP contribution is 2.63. The van der Waals surface area contributed by atoms with Gasteiger partial charge < -0.3 is 0 Å². The molecule has 47 heavy (non-hydrogen) atoms.